The van der Waals surface area contributed by atoms with Gasteiger partial charge in [0.05, 0.1) is 16.8 Å². The predicted octanol–water partition coefficient (Wildman–Crippen LogP) is 5.10. The molecular formula is C23H15F3N2O2. The van der Waals surface area contributed by atoms with Crippen LogP contribution >= 0.6 is 0 Å². The highest BCUT2D eigenvalue weighted by atomic mass is 19.4. The van der Waals surface area contributed by atoms with Crippen LogP contribution in [0.15, 0.2) is 90.6 Å². The van der Waals surface area contributed by atoms with Crippen LogP contribution in [0.3, 0.4) is 0 Å². The van der Waals surface area contributed by atoms with Crippen molar-refractivity contribution in [2.75, 3.05) is 10.2 Å². The van der Waals surface area contributed by atoms with Crippen LogP contribution in [-0.2, 0) is 15.8 Å². The minimum absolute atomic E-state index is 0.0660. The third kappa shape index (κ3) is 3.57. The lowest BCUT2D eigenvalue weighted by Crippen LogP contribution is -2.32. The van der Waals surface area contributed by atoms with Gasteiger partial charge < -0.3 is 5.32 Å². The maximum absolute atomic E-state index is 13.2. The minimum atomic E-state index is -4.51. The first-order chi connectivity index (χ1) is 14.4. The second-order valence-corrected chi connectivity index (χ2v) is 6.60. The molecule has 1 N–H and O–H groups in total. The van der Waals surface area contributed by atoms with Gasteiger partial charge in [0, 0.05) is 5.69 Å². The number of imide groups is 1. The summed E-state index contributed by atoms with van der Waals surface area (Å²) in [6.07, 6.45) is -4.51. The predicted molar refractivity (Wildman–Crippen MR) is 107 cm³/mol. The number of rotatable bonds is 4. The van der Waals surface area contributed by atoms with Crippen LogP contribution in [0.5, 0.6) is 0 Å². The number of halogens is 3. The molecular weight excluding hydrogens is 393 g/mol. The minimum Gasteiger partial charge on any atom is -0.350 e. The maximum Gasteiger partial charge on any atom is 0.416 e. The molecule has 4 rings (SSSR count). The van der Waals surface area contributed by atoms with Crippen LogP contribution in [0.25, 0.3) is 5.57 Å². The summed E-state index contributed by atoms with van der Waals surface area (Å²) in [5.41, 5.74) is 0.571. The molecule has 0 saturated carbocycles. The molecule has 0 radical (unpaired) electrons. The van der Waals surface area contributed by atoms with Crippen LogP contribution < -0.4 is 10.2 Å². The van der Waals surface area contributed by atoms with Crippen molar-refractivity contribution in [1.82, 2.24) is 0 Å². The Kier molecular flexibility index (Phi) is 4.87. The summed E-state index contributed by atoms with van der Waals surface area (Å²) in [6, 6.07) is 21.4. The largest absolute Gasteiger partial charge is 0.416 e. The topological polar surface area (TPSA) is 49.4 Å². The Bertz CT molecular complexity index is 1120. The van der Waals surface area contributed by atoms with Gasteiger partial charge in [-0.3, -0.25) is 9.59 Å². The Morgan fingerprint density at radius 3 is 1.83 bits per heavy atom. The van der Waals surface area contributed by atoms with Gasteiger partial charge in [0.15, 0.2) is 0 Å². The number of hydrogen-bond donors (Lipinski definition) is 1. The van der Waals surface area contributed by atoms with Gasteiger partial charge >= 0.3 is 6.18 Å². The van der Waals surface area contributed by atoms with Gasteiger partial charge in [-0.05, 0) is 42.0 Å². The number of amides is 2. The van der Waals surface area contributed by atoms with Crippen LogP contribution in [0.1, 0.15) is 11.1 Å². The molecule has 150 valence electrons. The molecule has 0 bridgehead atoms. The second kappa shape index (κ2) is 7.51. The van der Waals surface area contributed by atoms with E-state index in [1.54, 1.807) is 54.6 Å². The third-order valence-electron chi connectivity index (χ3n) is 4.64. The number of alkyl halides is 3. The van der Waals surface area contributed by atoms with Crippen molar-refractivity contribution in [3.05, 3.63) is 102 Å². The van der Waals surface area contributed by atoms with E-state index in [2.05, 4.69) is 5.32 Å². The number of para-hydroxylation sites is 1. The summed E-state index contributed by atoms with van der Waals surface area (Å²) in [6.45, 7) is 0. The van der Waals surface area contributed by atoms with Gasteiger partial charge in [-0.1, -0.05) is 48.5 Å². The molecule has 0 fully saturated rings. The Balaban J connectivity index is 1.76. The lowest BCUT2D eigenvalue weighted by Gasteiger charge is -2.16. The van der Waals surface area contributed by atoms with Crippen molar-refractivity contribution in [2.45, 2.75) is 6.18 Å². The van der Waals surface area contributed by atoms with E-state index < -0.39 is 23.6 Å². The van der Waals surface area contributed by atoms with Crippen molar-refractivity contribution < 1.29 is 22.8 Å². The third-order valence-corrected chi connectivity index (χ3v) is 4.64. The molecule has 3 aromatic rings. The van der Waals surface area contributed by atoms with Gasteiger partial charge in [0.2, 0.25) is 0 Å². The number of nitrogens with zero attached hydrogens (tertiary/aromatic N) is 1. The highest BCUT2D eigenvalue weighted by Crippen LogP contribution is 2.35. The average Bonchev–Trinajstić information content (AvgIpc) is 2.98. The monoisotopic (exact) mass is 408 g/mol. The summed E-state index contributed by atoms with van der Waals surface area (Å²) in [4.78, 5) is 27.2. The van der Waals surface area contributed by atoms with Crippen molar-refractivity contribution in [3.63, 3.8) is 0 Å². The maximum atomic E-state index is 13.2. The molecule has 0 atom stereocenters. The van der Waals surface area contributed by atoms with E-state index in [4.69, 9.17) is 0 Å². The summed E-state index contributed by atoms with van der Waals surface area (Å²) in [5, 5.41) is 2.99. The summed E-state index contributed by atoms with van der Waals surface area (Å²) < 4.78 is 38.6. The molecule has 1 aliphatic rings. The van der Waals surface area contributed by atoms with E-state index in [1.807, 2.05) is 6.07 Å². The SMILES string of the molecule is O=C1C(Nc2ccccc2)=C(c2ccccc2)C(=O)N1c1ccc(C(F)(F)F)cc1. The van der Waals surface area contributed by atoms with E-state index in [9.17, 15) is 22.8 Å². The smallest absolute Gasteiger partial charge is 0.350 e. The first kappa shape index (κ1) is 19.4. The molecule has 4 nitrogen and oxygen atoms in total. The highest BCUT2D eigenvalue weighted by Gasteiger charge is 2.40. The fourth-order valence-electron chi connectivity index (χ4n) is 3.22. The number of anilines is 2. The van der Waals surface area contributed by atoms with Crippen molar-refractivity contribution >= 4 is 28.8 Å². The lowest BCUT2D eigenvalue weighted by atomic mass is 10.0. The van der Waals surface area contributed by atoms with Gasteiger partial charge in [-0.2, -0.15) is 13.2 Å². The van der Waals surface area contributed by atoms with Crippen LogP contribution in [0.2, 0.25) is 0 Å². The molecule has 30 heavy (non-hydrogen) atoms. The normalized spacial score (nSPS) is 14.4. The highest BCUT2D eigenvalue weighted by molar-refractivity contribution is 6.46. The van der Waals surface area contributed by atoms with E-state index in [0.717, 1.165) is 29.2 Å². The first-order valence-corrected chi connectivity index (χ1v) is 9.04. The van der Waals surface area contributed by atoms with Crippen molar-refractivity contribution in [1.29, 1.82) is 0 Å². The van der Waals surface area contributed by atoms with Gasteiger partial charge in [-0.25, -0.2) is 4.90 Å². The Morgan fingerprint density at radius 1 is 0.700 bits per heavy atom. The fourth-order valence-corrected chi connectivity index (χ4v) is 3.22. The van der Waals surface area contributed by atoms with Crippen molar-refractivity contribution in [2.24, 2.45) is 0 Å². The fraction of sp³-hybridized carbons (Fsp3) is 0.0435. The van der Waals surface area contributed by atoms with Crippen LogP contribution in [0, 0.1) is 0 Å². The molecule has 0 aromatic heterocycles. The molecule has 1 aliphatic heterocycles. The second-order valence-electron chi connectivity index (χ2n) is 6.60. The average molecular weight is 408 g/mol. The van der Waals surface area contributed by atoms with Gasteiger partial charge in [0.25, 0.3) is 11.8 Å². The van der Waals surface area contributed by atoms with Crippen molar-refractivity contribution in [3.8, 4) is 0 Å². The molecule has 0 spiro atoms. The zero-order valence-corrected chi connectivity index (χ0v) is 15.5. The van der Waals surface area contributed by atoms with Gasteiger partial charge in [-0.15, -0.1) is 0 Å². The first-order valence-electron chi connectivity index (χ1n) is 9.04. The van der Waals surface area contributed by atoms with E-state index in [0.29, 0.717) is 11.3 Å². The van der Waals surface area contributed by atoms with Crippen LogP contribution in [-0.4, -0.2) is 11.8 Å². The zero-order chi connectivity index (χ0) is 21.3. The summed E-state index contributed by atoms with van der Waals surface area (Å²) in [7, 11) is 0. The Labute approximate surface area is 170 Å². The Morgan fingerprint density at radius 2 is 1.27 bits per heavy atom. The van der Waals surface area contributed by atoms with E-state index >= 15 is 0 Å². The van der Waals surface area contributed by atoms with Gasteiger partial charge in [0.1, 0.15) is 5.70 Å². The molecule has 0 aliphatic carbocycles. The molecule has 0 unspecified atom stereocenters. The molecule has 2 amide bonds. The number of nitrogens with one attached hydrogen (secondary N) is 1. The Hall–Kier alpha value is -3.87. The number of hydrogen-bond acceptors (Lipinski definition) is 3. The molecule has 0 saturated heterocycles. The molecule has 7 heteroatoms. The summed E-state index contributed by atoms with van der Waals surface area (Å²) >= 11 is 0. The van der Waals surface area contributed by atoms with E-state index in [1.165, 1.54) is 0 Å². The van der Waals surface area contributed by atoms with E-state index in [-0.39, 0.29) is 17.0 Å². The molecule has 3 aromatic carbocycles. The standard InChI is InChI=1S/C23H15F3N2O2/c24-23(25,26)16-11-13-18(14-12-16)28-21(29)19(15-7-3-1-4-8-15)20(22(28)30)27-17-9-5-2-6-10-17/h1-14,27H. The van der Waals surface area contributed by atoms with Crippen LogP contribution in [0.4, 0.5) is 24.5 Å². The lowest BCUT2D eigenvalue weighted by molar-refractivity contribution is -0.137. The number of benzene rings is 3. The zero-order valence-electron chi connectivity index (χ0n) is 15.5. The number of carbonyl (C=O) groups is 2. The number of carbonyl (C=O) groups excluding carboxylic acids is 2. The summed E-state index contributed by atoms with van der Waals surface area (Å²) in [5.74, 6) is -1.24. The quantitative estimate of drug-likeness (QED) is 0.611. The molecule has 1 heterocycles.